The minimum Gasteiger partial charge on any atom is -0.462 e. The molecule has 3 heterocycles. The van der Waals surface area contributed by atoms with Crippen molar-refractivity contribution < 1.29 is 34.0 Å². The molecule has 12 heteroatoms. The number of rotatable bonds is 8. The molecule has 0 radical (unpaired) electrons. The molecule has 1 aromatic heterocycles. The van der Waals surface area contributed by atoms with Gasteiger partial charge >= 0.3 is 17.6 Å². The molecule has 4 aliphatic rings. The Labute approximate surface area is 269 Å². The highest BCUT2D eigenvalue weighted by Gasteiger charge is 2.43. The van der Waals surface area contributed by atoms with Crippen molar-refractivity contribution in [3.8, 4) is 0 Å². The van der Waals surface area contributed by atoms with Gasteiger partial charge in [-0.3, -0.25) is 14.2 Å². The van der Waals surface area contributed by atoms with Crippen LogP contribution in [0.4, 0.5) is 5.82 Å². The number of allylic oxidation sites excluding steroid dienone is 3. The average molecular weight is 648 g/mol. The number of carbonyl (C=O) groups is 2. The summed E-state index contributed by atoms with van der Waals surface area (Å²) in [6.45, 7) is 10.2. The molecule has 5 rings (SSSR count). The number of nitrogen functional groups attached to an aromatic ring is 1. The number of hydrogen-bond acceptors (Lipinski definition) is 11. The lowest BCUT2D eigenvalue weighted by molar-refractivity contribution is -0.166. The molecule has 0 spiro atoms. The summed E-state index contributed by atoms with van der Waals surface area (Å²) in [7, 11) is 0. The molecule has 0 saturated carbocycles. The van der Waals surface area contributed by atoms with Crippen LogP contribution in [0.25, 0.3) is 0 Å². The maximum absolute atomic E-state index is 12.9. The van der Waals surface area contributed by atoms with Gasteiger partial charge in [-0.15, -0.1) is 11.8 Å². The van der Waals surface area contributed by atoms with Crippen LogP contribution in [0.15, 0.2) is 40.9 Å². The molecule has 45 heavy (non-hydrogen) atoms. The third-order valence-corrected chi connectivity index (χ3v) is 10.5. The normalized spacial score (nSPS) is 32.9. The lowest BCUT2D eigenvalue weighted by Crippen LogP contribution is -2.43. The lowest BCUT2D eigenvalue weighted by Gasteiger charge is -2.44. The van der Waals surface area contributed by atoms with Crippen molar-refractivity contribution in [2.24, 2.45) is 29.1 Å². The van der Waals surface area contributed by atoms with E-state index in [1.54, 1.807) is 12.3 Å². The van der Waals surface area contributed by atoms with Crippen LogP contribution >= 0.6 is 11.8 Å². The topological polar surface area (TPSA) is 163 Å². The van der Waals surface area contributed by atoms with Crippen LogP contribution in [-0.4, -0.2) is 67.8 Å². The quantitative estimate of drug-likeness (QED) is 0.350. The fourth-order valence-electron chi connectivity index (χ4n) is 6.41. The highest BCUT2D eigenvalue weighted by atomic mass is 32.2. The monoisotopic (exact) mass is 647 g/mol. The Morgan fingerprint density at radius 1 is 1.24 bits per heavy atom. The van der Waals surface area contributed by atoms with Gasteiger partial charge in [0.05, 0.1) is 24.5 Å². The molecule has 4 N–H and O–H groups in total. The van der Waals surface area contributed by atoms with Gasteiger partial charge in [-0.25, -0.2) is 4.79 Å². The number of anilines is 1. The molecule has 2 aliphatic heterocycles. The average Bonchev–Trinajstić information content (AvgIpc) is 3.45. The van der Waals surface area contributed by atoms with E-state index in [9.17, 15) is 19.5 Å². The number of aliphatic hydroxyl groups excluding tert-OH is 2. The second kappa shape index (κ2) is 15.3. The minimum absolute atomic E-state index is 0.0572. The number of aliphatic hydroxyl groups is 2. The van der Waals surface area contributed by atoms with Gasteiger partial charge in [0.25, 0.3) is 0 Å². The van der Waals surface area contributed by atoms with Gasteiger partial charge in [-0.1, -0.05) is 39.0 Å². The first-order valence-electron chi connectivity index (χ1n) is 16.0. The van der Waals surface area contributed by atoms with E-state index in [4.69, 9.17) is 25.1 Å². The van der Waals surface area contributed by atoms with Crippen molar-refractivity contribution in [1.29, 1.82) is 0 Å². The molecule has 9 atom stereocenters. The molecule has 0 aromatic carbocycles. The Bertz CT molecular complexity index is 1310. The van der Waals surface area contributed by atoms with Crippen LogP contribution < -0.4 is 11.4 Å². The van der Waals surface area contributed by atoms with Crippen LogP contribution in [0.2, 0.25) is 0 Å². The third kappa shape index (κ3) is 8.99. The first-order chi connectivity index (χ1) is 21.3. The van der Waals surface area contributed by atoms with Gasteiger partial charge < -0.3 is 30.2 Å². The molecule has 1 aromatic rings. The van der Waals surface area contributed by atoms with E-state index in [0.717, 1.165) is 25.7 Å². The number of cyclic esters (lactones) is 1. The number of nitrogens with zero attached hydrogens (tertiary/aromatic N) is 2. The van der Waals surface area contributed by atoms with E-state index in [1.807, 2.05) is 20.8 Å². The molecule has 250 valence electrons. The standard InChI is InChI=1S/C25H38O5.C8H11N3O3S/c1-6-25(4,5)24(28)30-21-12-15(2)11-17-8-7-16(3)20(23(17)21)10-9-19-13-18(26)14-22(27)29-19;9-5-1-2-11(8(13)10-5)6-4-15-7(3-12)14-6/h7-8,11,15-16,18-21,23,26H,6,9-10,12-14H2,1-5H3;1-2,6-7,12H,3-4H2,(H2,9,10,13)/t15-,16-,18+,19+,20-,21-,23-;6-,7+/m00/s1. The molecule has 0 unspecified atom stereocenters. The van der Waals surface area contributed by atoms with Crippen molar-refractivity contribution in [2.75, 3.05) is 18.1 Å². The van der Waals surface area contributed by atoms with Gasteiger partial charge in [-0.2, -0.15) is 4.98 Å². The number of fused-ring (bicyclic) bond motifs is 1. The number of thioether (sulfide) groups is 1. The molecular weight excluding hydrogens is 598 g/mol. The first kappa shape index (κ1) is 35.2. The van der Waals surface area contributed by atoms with E-state index >= 15 is 0 Å². The van der Waals surface area contributed by atoms with Gasteiger partial charge in [0.2, 0.25) is 0 Å². The molecule has 11 nitrogen and oxygen atoms in total. The second-order valence-electron chi connectivity index (χ2n) is 13.3. The molecule has 0 amide bonds. The smallest absolute Gasteiger partial charge is 0.351 e. The minimum atomic E-state index is -0.601. The summed E-state index contributed by atoms with van der Waals surface area (Å²) in [6.07, 6.45) is 10.8. The van der Waals surface area contributed by atoms with Crippen LogP contribution in [0.1, 0.15) is 79.4 Å². The summed E-state index contributed by atoms with van der Waals surface area (Å²) in [5.41, 5.74) is 5.46. The highest BCUT2D eigenvalue weighted by molar-refractivity contribution is 8.00. The van der Waals surface area contributed by atoms with Gasteiger partial charge in [0, 0.05) is 24.3 Å². The zero-order valence-electron chi connectivity index (χ0n) is 27.0. The summed E-state index contributed by atoms with van der Waals surface area (Å²) in [4.78, 5) is 39.6. The number of aromatic nitrogens is 2. The Balaban J connectivity index is 0.000000256. The Morgan fingerprint density at radius 3 is 2.64 bits per heavy atom. The van der Waals surface area contributed by atoms with Crippen molar-refractivity contribution in [1.82, 2.24) is 9.55 Å². The van der Waals surface area contributed by atoms with Crippen molar-refractivity contribution in [3.05, 3.63) is 46.5 Å². The van der Waals surface area contributed by atoms with E-state index < -0.39 is 17.2 Å². The second-order valence-corrected chi connectivity index (χ2v) is 14.5. The van der Waals surface area contributed by atoms with E-state index in [0.29, 0.717) is 29.9 Å². The molecule has 2 saturated heterocycles. The summed E-state index contributed by atoms with van der Waals surface area (Å²) in [5.74, 6) is 1.59. The number of hydrogen-bond donors (Lipinski definition) is 3. The van der Waals surface area contributed by atoms with Gasteiger partial charge in [-0.05, 0) is 68.9 Å². The largest absolute Gasteiger partial charge is 0.462 e. The predicted molar refractivity (Wildman–Crippen MR) is 172 cm³/mol. The third-order valence-electron chi connectivity index (χ3n) is 9.39. The Kier molecular flexibility index (Phi) is 11.9. The van der Waals surface area contributed by atoms with Crippen LogP contribution in [0.3, 0.4) is 0 Å². The maximum Gasteiger partial charge on any atom is 0.351 e. The number of nitrogens with two attached hydrogens (primary N) is 1. The fraction of sp³-hybridized carbons (Fsp3) is 0.697. The maximum atomic E-state index is 12.9. The summed E-state index contributed by atoms with van der Waals surface area (Å²) in [5, 5.41) is 18.8. The summed E-state index contributed by atoms with van der Waals surface area (Å²) >= 11 is 1.47. The SMILES string of the molecule is CCC(C)(C)C(=O)O[C@H]1C[C@@H](C)C=C2C=C[C@H](C)[C@H](CC[C@@H]3C[C@@H](O)CC(=O)O3)[C@H]21.Nc1ccn([C@@H]2CS[C@H](CO)O2)c(=O)n1. The molecule has 2 aliphatic carbocycles. The molecule has 0 bridgehead atoms. The van der Waals surface area contributed by atoms with E-state index in [-0.39, 0.29) is 60.6 Å². The lowest BCUT2D eigenvalue weighted by atomic mass is 9.65. The molecular formula is C33H49N3O8S. The first-order valence-corrected chi connectivity index (χ1v) is 17.1. The predicted octanol–water partition coefficient (Wildman–Crippen LogP) is 3.99. The molecule has 2 fully saturated rings. The Morgan fingerprint density at radius 2 is 2.00 bits per heavy atom. The summed E-state index contributed by atoms with van der Waals surface area (Å²) < 4.78 is 18.4. The number of carbonyl (C=O) groups excluding carboxylic acids is 2. The van der Waals surface area contributed by atoms with Crippen LogP contribution in [0.5, 0.6) is 0 Å². The number of ether oxygens (including phenoxy) is 3. The van der Waals surface area contributed by atoms with Crippen LogP contribution in [-0.2, 0) is 23.8 Å². The highest BCUT2D eigenvalue weighted by Crippen LogP contribution is 2.45. The zero-order chi connectivity index (χ0) is 32.9. The zero-order valence-corrected chi connectivity index (χ0v) is 27.8. The Hall–Kier alpha value is -2.67. The summed E-state index contributed by atoms with van der Waals surface area (Å²) in [6, 6.07) is 1.54. The van der Waals surface area contributed by atoms with Gasteiger partial charge in [0.1, 0.15) is 29.7 Å². The fourth-order valence-corrected chi connectivity index (χ4v) is 7.34. The van der Waals surface area contributed by atoms with Gasteiger partial charge in [0.15, 0.2) is 0 Å². The van der Waals surface area contributed by atoms with Crippen molar-refractivity contribution >= 4 is 29.5 Å². The number of esters is 2. The van der Waals surface area contributed by atoms with Crippen molar-refractivity contribution in [3.63, 3.8) is 0 Å². The van der Waals surface area contributed by atoms with E-state index in [2.05, 4.69) is 37.1 Å². The van der Waals surface area contributed by atoms with Crippen molar-refractivity contribution in [2.45, 2.75) is 103 Å². The van der Waals surface area contributed by atoms with E-state index in [1.165, 1.54) is 21.9 Å². The van der Waals surface area contributed by atoms with Crippen LogP contribution in [0, 0.1) is 29.1 Å².